The van der Waals surface area contributed by atoms with Crippen LogP contribution in [0.4, 0.5) is 10.5 Å². The number of urea groups is 1. The van der Waals surface area contributed by atoms with Gasteiger partial charge in [-0.15, -0.1) is 0 Å². The Balaban J connectivity index is 1.80. The van der Waals surface area contributed by atoms with E-state index in [2.05, 4.69) is 10.6 Å². The summed E-state index contributed by atoms with van der Waals surface area (Å²) in [6.45, 7) is 0.711. The number of nitrogens with one attached hydrogen (secondary N) is 2. The molecule has 1 aliphatic rings. The van der Waals surface area contributed by atoms with Gasteiger partial charge in [-0.05, 0) is 24.5 Å². The molecule has 1 aromatic rings. The number of rotatable bonds is 6. The summed E-state index contributed by atoms with van der Waals surface area (Å²) in [6, 6.07) is 5.11. The van der Waals surface area contributed by atoms with Crippen LogP contribution in [0, 0.1) is 5.92 Å². The number of amides is 2. The Labute approximate surface area is 132 Å². The van der Waals surface area contributed by atoms with Crippen molar-refractivity contribution in [2.24, 2.45) is 5.92 Å². The van der Waals surface area contributed by atoms with Crippen LogP contribution < -0.4 is 20.1 Å². The Bertz CT molecular complexity index is 485. The van der Waals surface area contributed by atoms with E-state index in [-0.39, 0.29) is 6.03 Å². The standard InChI is InChI=1S/C17H26N2O3/c1-21-14-8-9-16(22-2)15(12-14)19-17(20)18-11-10-13-6-4-3-5-7-13/h8-9,12-13H,3-7,10-11H2,1-2H3,(H2,18,19,20). The van der Waals surface area contributed by atoms with Crippen molar-refractivity contribution in [3.63, 3.8) is 0 Å². The highest BCUT2D eigenvalue weighted by Gasteiger charge is 2.14. The van der Waals surface area contributed by atoms with Crippen LogP contribution in [-0.2, 0) is 0 Å². The second-order valence-corrected chi connectivity index (χ2v) is 5.74. The first kappa shape index (κ1) is 16.5. The molecule has 122 valence electrons. The summed E-state index contributed by atoms with van der Waals surface area (Å²) >= 11 is 0. The fraction of sp³-hybridized carbons (Fsp3) is 0.588. The minimum absolute atomic E-state index is 0.206. The van der Waals surface area contributed by atoms with Crippen molar-refractivity contribution in [3.05, 3.63) is 18.2 Å². The predicted molar refractivity (Wildman–Crippen MR) is 87.8 cm³/mol. The molecule has 0 heterocycles. The highest BCUT2D eigenvalue weighted by Crippen LogP contribution is 2.29. The molecule has 1 aromatic carbocycles. The minimum atomic E-state index is -0.206. The summed E-state index contributed by atoms with van der Waals surface area (Å²) in [6.07, 6.45) is 7.68. The first-order valence-corrected chi connectivity index (χ1v) is 8.00. The van der Waals surface area contributed by atoms with E-state index in [0.717, 1.165) is 12.3 Å². The van der Waals surface area contributed by atoms with Crippen LogP contribution in [0.15, 0.2) is 18.2 Å². The van der Waals surface area contributed by atoms with Crippen molar-refractivity contribution in [1.29, 1.82) is 0 Å². The lowest BCUT2D eigenvalue weighted by atomic mass is 9.87. The van der Waals surface area contributed by atoms with Gasteiger partial charge in [-0.2, -0.15) is 0 Å². The van der Waals surface area contributed by atoms with Gasteiger partial charge in [0, 0.05) is 12.6 Å². The number of carbonyl (C=O) groups is 1. The maximum atomic E-state index is 12.0. The van der Waals surface area contributed by atoms with E-state index in [9.17, 15) is 4.79 Å². The number of hydrogen-bond donors (Lipinski definition) is 2. The smallest absolute Gasteiger partial charge is 0.319 e. The summed E-state index contributed by atoms with van der Waals surface area (Å²) in [7, 11) is 3.17. The highest BCUT2D eigenvalue weighted by molar-refractivity contribution is 5.91. The van der Waals surface area contributed by atoms with Gasteiger partial charge in [0.1, 0.15) is 11.5 Å². The molecule has 0 aromatic heterocycles. The Morgan fingerprint density at radius 2 is 1.95 bits per heavy atom. The number of carbonyl (C=O) groups excluding carboxylic acids is 1. The van der Waals surface area contributed by atoms with Gasteiger partial charge in [0.15, 0.2) is 0 Å². The largest absolute Gasteiger partial charge is 0.497 e. The molecule has 2 rings (SSSR count). The van der Waals surface area contributed by atoms with E-state index >= 15 is 0 Å². The van der Waals surface area contributed by atoms with Crippen LogP contribution in [0.3, 0.4) is 0 Å². The molecule has 2 amide bonds. The quantitative estimate of drug-likeness (QED) is 0.840. The molecule has 0 bridgehead atoms. The number of anilines is 1. The molecular weight excluding hydrogens is 280 g/mol. The summed E-state index contributed by atoms with van der Waals surface area (Å²) < 4.78 is 10.4. The second-order valence-electron chi connectivity index (χ2n) is 5.74. The number of methoxy groups -OCH3 is 2. The van der Waals surface area contributed by atoms with Crippen LogP contribution in [0.5, 0.6) is 11.5 Å². The molecule has 0 atom stereocenters. The van der Waals surface area contributed by atoms with Gasteiger partial charge in [0.2, 0.25) is 0 Å². The normalized spacial score (nSPS) is 15.2. The third-order valence-electron chi connectivity index (χ3n) is 4.22. The lowest BCUT2D eigenvalue weighted by Crippen LogP contribution is -2.30. The molecule has 0 spiro atoms. The maximum absolute atomic E-state index is 12.0. The van der Waals surface area contributed by atoms with E-state index in [4.69, 9.17) is 9.47 Å². The molecule has 0 saturated heterocycles. The monoisotopic (exact) mass is 306 g/mol. The highest BCUT2D eigenvalue weighted by atomic mass is 16.5. The molecular formula is C17H26N2O3. The third-order valence-corrected chi connectivity index (χ3v) is 4.22. The fourth-order valence-corrected chi connectivity index (χ4v) is 2.94. The zero-order valence-corrected chi connectivity index (χ0v) is 13.5. The van der Waals surface area contributed by atoms with Gasteiger partial charge in [-0.25, -0.2) is 4.79 Å². The molecule has 5 heteroatoms. The molecule has 1 fully saturated rings. The van der Waals surface area contributed by atoms with Gasteiger partial charge < -0.3 is 20.1 Å². The van der Waals surface area contributed by atoms with E-state index in [1.807, 2.05) is 0 Å². The fourth-order valence-electron chi connectivity index (χ4n) is 2.94. The molecule has 0 aliphatic heterocycles. The maximum Gasteiger partial charge on any atom is 0.319 e. The molecule has 1 saturated carbocycles. The average molecular weight is 306 g/mol. The van der Waals surface area contributed by atoms with Crippen LogP contribution in [0.1, 0.15) is 38.5 Å². The number of benzene rings is 1. The van der Waals surface area contributed by atoms with Gasteiger partial charge in [0.05, 0.1) is 19.9 Å². The first-order chi connectivity index (χ1) is 10.7. The predicted octanol–water partition coefficient (Wildman–Crippen LogP) is 3.80. The van der Waals surface area contributed by atoms with Crippen molar-refractivity contribution in [2.45, 2.75) is 38.5 Å². The zero-order valence-electron chi connectivity index (χ0n) is 13.5. The van der Waals surface area contributed by atoms with Crippen LogP contribution in [-0.4, -0.2) is 26.8 Å². The van der Waals surface area contributed by atoms with Crippen molar-refractivity contribution < 1.29 is 14.3 Å². The Hall–Kier alpha value is -1.91. The zero-order chi connectivity index (χ0) is 15.8. The minimum Gasteiger partial charge on any atom is -0.497 e. The Morgan fingerprint density at radius 1 is 1.18 bits per heavy atom. The lowest BCUT2D eigenvalue weighted by molar-refractivity contribution is 0.250. The summed E-state index contributed by atoms with van der Waals surface area (Å²) in [5.74, 6) is 2.06. The first-order valence-electron chi connectivity index (χ1n) is 8.00. The van der Waals surface area contributed by atoms with E-state index < -0.39 is 0 Å². The summed E-state index contributed by atoms with van der Waals surface area (Å²) in [5.41, 5.74) is 0.608. The van der Waals surface area contributed by atoms with Crippen molar-refractivity contribution in [2.75, 3.05) is 26.1 Å². The number of ether oxygens (including phenoxy) is 2. The molecule has 0 unspecified atom stereocenters. The third kappa shape index (κ3) is 4.83. The molecule has 0 radical (unpaired) electrons. The van der Waals surface area contributed by atoms with Gasteiger partial charge in [-0.1, -0.05) is 32.1 Å². The SMILES string of the molecule is COc1ccc(OC)c(NC(=O)NCCC2CCCCC2)c1. The lowest BCUT2D eigenvalue weighted by Gasteiger charge is -2.21. The van der Waals surface area contributed by atoms with Crippen molar-refractivity contribution >= 4 is 11.7 Å². The Morgan fingerprint density at radius 3 is 2.64 bits per heavy atom. The molecule has 1 aliphatic carbocycles. The topological polar surface area (TPSA) is 59.6 Å². The van der Waals surface area contributed by atoms with Crippen molar-refractivity contribution in [3.8, 4) is 11.5 Å². The second kappa shape index (κ2) is 8.51. The van der Waals surface area contributed by atoms with Gasteiger partial charge >= 0.3 is 6.03 Å². The summed E-state index contributed by atoms with van der Waals surface area (Å²) in [5, 5.41) is 5.74. The van der Waals surface area contributed by atoms with Crippen LogP contribution >= 0.6 is 0 Å². The molecule has 22 heavy (non-hydrogen) atoms. The van der Waals surface area contributed by atoms with Crippen LogP contribution in [0.25, 0.3) is 0 Å². The molecule has 5 nitrogen and oxygen atoms in total. The van der Waals surface area contributed by atoms with Gasteiger partial charge in [-0.3, -0.25) is 0 Å². The Kier molecular flexibility index (Phi) is 6.37. The van der Waals surface area contributed by atoms with E-state index in [0.29, 0.717) is 23.7 Å². The van der Waals surface area contributed by atoms with E-state index in [1.54, 1.807) is 32.4 Å². The molecule has 2 N–H and O–H groups in total. The van der Waals surface area contributed by atoms with Crippen LogP contribution in [0.2, 0.25) is 0 Å². The average Bonchev–Trinajstić information content (AvgIpc) is 2.55. The van der Waals surface area contributed by atoms with Crippen molar-refractivity contribution in [1.82, 2.24) is 5.32 Å². The number of hydrogen-bond acceptors (Lipinski definition) is 3. The van der Waals surface area contributed by atoms with Gasteiger partial charge in [0.25, 0.3) is 0 Å². The summed E-state index contributed by atoms with van der Waals surface area (Å²) in [4.78, 5) is 12.0. The van der Waals surface area contributed by atoms with E-state index in [1.165, 1.54) is 32.1 Å².